The molecule has 1 aliphatic heterocycles. The summed E-state index contributed by atoms with van der Waals surface area (Å²) < 4.78 is 6.56. The normalized spacial score (nSPS) is 12.6. The van der Waals surface area contributed by atoms with Crippen molar-refractivity contribution in [1.29, 1.82) is 0 Å². The zero-order chi connectivity index (χ0) is 28.5. The zero-order valence-corrected chi connectivity index (χ0v) is 25.1. The van der Waals surface area contributed by atoms with Crippen molar-refractivity contribution in [2.75, 3.05) is 4.90 Å². The van der Waals surface area contributed by atoms with E-state index in [9.17, 15) is 0 Å². The summed E-state index contributed by atoms with van der Waals surface area (Å²) in [5.74, 6) is 0. The zero-order valence-electron chi connectivity index (χ0n) is 22.8. The van der Waals surface area contributed by atoms with Crippen LogP contribution in [0.2, 0.25) is 5.02 Å². The Morgan fingerprint density at radius 1 is 0.488 bits per heavy atom. The van der Waals surface area contributed by atoms with Gasteiger partial charge in [0.15, 0.2) is 5.58 Å². The number of hydrogen-bond acceptors (Lipinski definition) is 4. The molecule has 43 heavy (non-hydrogen) atoms. The Labute approximate surface area is 261 Å². The molecule has 1 aromatic heterocycles. The van der Waals surface area contributed by atoms with E-state index in [0.29, 0.717) is 5.02 Å². The number of benzene rings is 7. The molecule has 0 aliphatic carbocycles. The van der Waals surface area contributed by atoms with Crippen molar-refractivity contribution in [1.82, 2.24) is 0 Å². The minimum atomic E-state index is 0.669. The van der Waals surface area contributed by atoms with Gasteiger partial charge < -0.3 is 9.32 Å². The molecule has 0 radical (unpaired) electrons. The maximum Gasteiger partial charge on any atom is 0.159 e. The lowest BCUT2D eigenvalue weighted by Crippen LogP contribution is -2.11. The third-order valence-corrected chi connectivity index (χ3v) is 10.9. The van der Waals surface area contributed by atoms with Crippen LogP contribution >= 0.6 is 35.1 Å². The number of anilines is 3. The highest BCUT2D eigenvalue weighted by Crippen LogP contribution is 2.51. The number of furan rings is 1. The number of halogens is 1. The fourth-order valence-corrected chi connectivity index (χ4v) is 8.62. The molecule has 9 rings (SSSR count). The number of nitrogens with zero attached hydrogens (tertiary/aromatic N) is 1. The lowest BCUT2D eigenvalue weighted by Gasteiger charge is -2.28. The molecule has 7 aromatic carbocycles. The molecule has 204 valence electrons. The highest BCUT2D eigenvalue weighted by Gasteiger charge is 2.23. The molecule has 0 N–H and O–H groups in total. The van der Waals surface area contributed by atoms with Crippen molar-refractivity contribution in [2.24, 2.45) is 0 Å². The molecule has 0 fully saturated rings. The first-order valence-electron chi connectivity index (χ1n) is 14.1. The summed E-state index contributed by atoms with van der Waals surface area (Å²) in [6.07, 6.45) is 0. The minimum absolute atomic E-state index is 0.669. The van der Waals surface area contributed by atoms with Crippen LogP contribution in [0.1, 0.15) is 0 Å². The summed E-state index contributed by atoms with van der Waals surface area (Å²) in [6.45, 7) is 0. The lowest BCUT2D eigenvalue weighted by atomic mass is 10.0. The van der Waals surface area contributed by atoms with E-state index in [1.807, 2.05) is 53.9 Å². The van der Waals surface area contributed by atoms with E-state index in [1.165, 1.54) is 41.1 Å². The third-order valence-electron chi connectivity index (χ3n) is 8.13. The summed E-state index contributed by atoms with van der Waals surface area (Å²) in [5.41, 5.74) is 4.66. The van der Waals surface area contributed by atoms with Gasteiger partial charge in [-0.15, -0.1) is 0 Å². The van der Waals surface area contributed by atoms with E-state index >= 15 is 0 Å². The molecule has 5 heteroatoms. The van der Waals surface area contributed by atoms with Crippen LogP contribution in [0.4, 0.5) is 17.1 Å². The van der Waals surface area contributed by atoms with Crippen LogP contribution in [0, 0.1) is 0 Å². The highest BCUT2D eigenvalue weighted by atomic mass is 35.5. The molecular formula is C38H22ClNOS2. The molecule has 0 saturated heterocycles. The summed E-state index contributed by atoms with van der Waals surface area (Å²) in [4.78, 5) is 7.36. The Morgan fingerprint density at radius 3 is 2.02 bits per heavy atom. The van der Waals surface area contributed by atoms with Crippen molar-refractivity contribution < 1.29 is 4.42 Å². The maximum atomic E-state index is 6.86. The Hall–Kier alpha value is -4.35. The van der Waals surface area contributed by atoms with E-state index in [4.69, 9.17) is 16.0 Å². The van der Waals surface area contributed by atoms with Crippen molar-refractivity contribution in [3.05, 3.63) is 138 Å². The van der Waals surface area contributed by atoms with Crippen LogP contribution < -0.4 is 4.90 Å². The van der Waals surface area contributed by atoms with E-state index < -0.39 is 0 Å². The third kappa shape index (κ3) is 4.13. The molecule has 0 saturated carbocycles. The molecule has 2 heterocycles. The monoisotopic (exact) mass is 607 g/mol. The SMILES string of the molecule is Clc1cc(N(c2ccc3c(c2)Sc2ccccc2S3)c2ccc3c(ccc4ccccc43)c2)c2oc3ccccc3c2c1. The van der Waals surface area contributed by atoms with Crippen LogP contribution in [0.15, 0.2) is 157 Å². The molecule has 1 aliphatic rings. The number of para-hydroxylation sites is 1. The van der Waals surface area contributed by atoms with E-state index in [1.54, 1.807) is 0 Å². The summed E-state index contributed by atoms with van der Waals surface area (Å²) in [6, 6.07) is 47.2. The highest BCUT2D eigenvalue weighted by molar-refractivity contribution is 8.05. The average molecular weight is 608 g/mol. The van der Waals surface area contributed by atoms with Gasteiger partial charge in [0.2, 0.25) is 0 Å². The van der Waals surface area contributed by atoms with Gasteiger partial charge in [-0.05, 0) is 82.2 Å². The first-order valence-corrected chi connectivity index (χ1v) is 16.1. The first kappa shape index (κ1) is 25.2. The molecule has 2 nitrogen and oxygen atoms in total. The molecule has 0 unspecified atom stereocenters. The van der Waals surface area contributed by atoms with Gasteiger partial charge in [-0.2, -0.15) is 0 Å². The predicted octanol–water partition coefficient (Wildman–Crippen LogP) is 12.6. The van der Waals surface area contributed by atoms with Crippen molar-refractivity contribution in [3.63, 3.8) is 0 Å². The topological polar surface area (TPSA) is 16.4 Å². The Kier molecular flexibility index (Phi) is 5.77. The molecule has 0 amide bonds. The molecule has 0 spiro atoms. The molecule has 8 aromatic rings. The van der Waals surface area contributed by atoms with E-state index in [-0.39, 0.29) is 0 Å². The molecular weight excluding hydrogens is 586 g/mol. The Bertz CT molecular complexity index is 2400. The van der Waals surface area contributed by atoms with Crippen molar-refractivity contribution in [3.8, 4) is 0 Å². The summed E-state index contributed by atoms with van der Waals surface area (Å²) >= 11 is 10.5. The standard InChI is InChI=1S/C38H22ClNOS2/c39-25-20-31-30-9-3-4-10-33(30)41-38(31)32(21-25)40(26-15-17-29-24(19-26)14-13-23-7-1-2-8-28(23)29)27-16-18-36-37(22-27)43-35-12-6-5-11-34(35)42-36/h1-22H. The fraction of sp³-hybridized carbons (Fsp3) is 0. The quantitative estimate of drug-likeness (QED) is 0.186. The van der Waals surface area contributed by atoms with Gasteiger partial charge in [0.05, 0.1) is 5.69 Å². The van der Waals surface area contributed by atoms with E-state index in [0.717, 1.165) is 39.0 Å². The maximum absolute atomic E-state index is 6.86. The second-order valence-electron chi connectivity index (χ2n) is 10.7. The van der Waals surface area contributed by atoms with E-state index in [2.05, 4.69) is 108 Å². The van der Waals surface area contributed by atoms with Gasteiger partial charge in [-0.1, -0.05) is 108 Å². The fourth-order valence-electron chi connectivity index (χ4n) is 6.16. The van der Waals surface area contributed by atoms with Gasteiger partial charge in [0.1, 0.15) is 5.58 Å². The number of fused-ring (bicyclic) bond motifs is 8. The smallest absolute Gasteiger partial charge is 0.159 e. The van der Waals surface area contributed by atoms with Gasteiger partial charge in [-0.3, -0.25) is 0 Å². The minimum Gasteiger partial charge on any atom is -0.454 e. The van der Waals surface area contributed by atoms with Crippen LogP contribution in [0.5, 0.6) is 0 Å². The Balaban J connectivity index is 1.29. The van der Waals surface area contributed by atoms with Gasteiger partial charge in [-0.25, -0.2) is 0 Å². The van der Waals surface area contributed by atoms with Gasteiger partial charge >= 0.3 is 0 Å². The second kappa shape index (κ2) is 9.85. The second-order valence-corrected chi connectivity index (χ2v) is 13.3. The largest absolute Gasteiger partial charge is 0.454 e. The number of hydrogen-bond donors (Lipinski definition) is 0. The van der Waals surface area contributed by atoms with Crippen molar-refractivity contribution >= 4 is 95.7 Å². The van der Waals surface area contributed by atoms with Gasteiger partial charge in [0, 0.05) is 46.8 Å². The molecule has 0 bridgehead atoms. The van der Waals surface area contributed by atoms with Crippen molar-refractivity contribution in [2.45, 2.75) is 19.6 Å². The predicted molar refractivity (Wildman–Crippen MR) is 183 cm³/mol. The van der Waals surface area contributed by atoms with Crippen LogP contribution in [0.3, 0.4) is 0 Å². The Morgan fingerprint density at radius 2 is 1.14 bits per heavy atom. The summed E-state index contributed by atoms with van der Waals surface area (Å²) in [5, 5.41) is 7.63. The van der Waals surface area contributed by atoms with Gasteiger partial charge in [0.25, 0.3) is 0 Å². The first-order chi connectivity index (χ1) is 21.2. The molecule has 0 atom stereocenters. The number of rotatable bonds is 3. The van der Waals surface area contributed by atoms with Crippen LogP contribution in [-0.4, -0.2) is 0 Å². The average Bonchev–Trinajstić information content (AvgIpc) is 3.42. The summed E-state index contributed by atoms with van der Waals surface area (Å²) in [7, 11) is 0. The van der Waals surface area contributed by atoms with Crippen LogP contribution in [-0.2, 0) is 0 Å². The lowest BCUT2D eigenvalue weighted by molar-refractivity contribution is 0.669. The van der Waals surface area contributed by atoms with Crippen LogP contribution in [0.25, 0.3) is 43.5 Å².